The van der Waals surface area contributed by atoms with Crippen LogP contribution >= 0.6 is 0 Å². The first-order valence-electron chi connectivity index (χ1n) is 34.4. The second-order valence-electron chi connectivity index (χ2n) is 35.7. The number of carbonyl (C=O) groups excluding carboxylic acids is 1. The van der Waals surface area contributed by atoms with Crippen LogP contribution in [0.15, 0.2) is 36.5 Å². The maximum atomic E-state index is 15.4. The number of rotatable bonds is 14. The Morgan fingerprint density at radius 2 is 1.06 bits per heavy atom. The summed E-state index contributed by atoms with van der Waals surface area (Å²) < 4.78 is 80.5. The van der Waals surface area contributed by atoms with Gasteiger partial charge in [-0.25, -0.2) is 0 Å². The van der Waals surface area contributed by atoms with E-state index in [1.54, 1.807) is 7.11 Å². The minimum Gasteiger partial charge on any atom is -0.414 e. The molecule has 8 rings (SSSR count). The summed E-state index contributed by atoms with van der Waals surface area (Å²) in [6.07, 6.45) is 5.27. The maximum Gasteiger partial charge on any atom is 0.193 e. The Kier molecular flexibility index (Phi) is 24.9. The van der Waals surface area contributed by atoms with E-state index in [2.05, 4.69) is 195 Å². The molecule has 0 spiro atoms. The second kappa shape index (κ2) is 28.7. The summed E-state index contributed by atoms with van der Waals surface area (Å²) in [5.41, 5.74) is 2.17. The third-order valence-corrected chi connectivity index (χ3v) is 46.1. The van der Waals surface area contributed by atoms with E-state index in [1.807, 2.05) is 6.08 Å². The summed E-state index contributed by atoms with van der Waals surface area (Å²) in [4.78, 5) is 15.4. The first kappa shape index (κ1) is 76.5. The van der Waals surface area contributed by atoms with Crippen molar-refractivity contribution in [2.24, 2.45) is 11.8 Å². The fourth-order valence-corrected chi connectivity index (χ4v) is 18.8. The Hall–Kier alpha value is -0.506. The van der Waals surface area contributed by atoms with E-state index in [-0.39, 0.29) is 111 Å². The highest BCUT2D eigenvalue weighted by Gasteiger charge is 2.59. The maximum absolute atomic E-state index is 15.4. The van der Waals surface area contributed by atoms with E-state index in [1.165, 1.54) is 0 Å². The molecule has 0 amide bonds. The number of methoxy groups -OCH3 is 1. The molecule has 0 aromatic rings. The van der Waals surface area contributed by atoms with E-state index in [0.29, 0.717) is 45.1 Å². The van der Waals surface area contributed by atoms with Crippen LogP contribution < -0.4 is 0 Å². The van der Waals surface area contributed by atoms with Gasteiger partial charge in [0.1, 0.15) is 30.2 Å². The lowest BCUT2D eigenvalue weighted by molar-refractivity contribution is -0.266. The van der Waals surface area contributed by atoms with Crippen LogP contribution in [0, 0.1) is 11.8 Å². The molecule has 18 atom stereocenters. The van der Waals surface area contributed by atoms with E-state index in [4.69, 9.17) is 50.6 Å². The van der Waals surface area contributed by atoms with E-state index in [0.717, 1.165) is 36.8 Å². The molecule has 18 heteroatoms. The highest BCUT2D eigenvalue weighted by atomic mass is 28.4. The van der Waals surface area contributed by atoms with Gasteiger partial charge < -0.3 is 55.7 Å². The number of carbonyl (C=O) groups is 1. The minimum atomic E-state index is -2.58. The van der Waals surface area contributed by atoms with Crippen molar-refractivity contribution in [3.8, 4) is 0 Å². The Balaban J connectivity index is 1.45. The van der Waals surface area contributed by atoms with Crippen molar-refractivity contribution < 1.29 is 60.5 Å². The Bertz CT molecular complexity index is 2360. The lowest BCUT2D eigenvalue weighted by atomic mass is 9.81. The molecule has 0 saturated carbocycles. The molecule has 0 aliphatic carbocycles. The van der Waals surface area contributed by atoms with Crippen molar-refractivity contribution in [1.82, 2.24) is 0 Å². The van der Waals surface area contributed by atoms with Gasteiger partial charge in [0.25, 0.3) is 0 Å². The molecule has 8 heterocycles. The summed E-state index contributed by atoms with van der Waals surface area (Å²) >= 11 is 0. The van der Waals surface area contributed by atoms with Crippen LogP contribution in [0.2, 0.25) is 90.7 Å². The summed E-state index contributed by atoms with van der Waals surface area (Å²) in [5.74, 6) is 0.0699. The van der Waals surface area contributed by atoms with E-state index >= 15 is 4.79 Å². The number of hydrogen-bond donors (Lipinski definition) is 1. The second-order valence-corrected chi connectivity index (χ2v) is 59.5. The minimum absolute atomic E-state index is 0.0128. The Labute approximate surface area is 543 Å². The zero-order valence-corrected chi connectivity index (χ0v) is 66.0. The lowest BCUT2D eigenvalue weighted by Gasteiger charge is -2.56. The molecule has 8 bridgehead atoms. The van der Waals surface area contributed by atoms with Crippen LogP contribution in [-0.2, 0) is 55.3 Å². The first-order chi connectivity index (χ1) is 40.0. The number of aliphatic hydroxyl groups is 1. The normalized spacial score (nSPS) is 35.4. The van der Waals surface area contributed by atoms with Gasteiger partial charge in [-0.2, -0.15) is 0 Å². The van der Waals surface area contributed by atoms with Crippen molar-refractivity contribution in [3.63, 3.8) is 0 Å². The zero-order valence-electron chi connectivity index (χ0n) is 61.0. The molecule has 510 valence electrons. The van der Waals surface area contributed by atoms with Gasteiger partial charge in [0, 0.05) is 38.7 Å². The fraction of sp³-hybridized carbons (Fsp3) is 0.900. The quantitative estimate of drug-likeness (QED) is 0.131. The third-order valence-electron chi connectivity index (χ3n) is 23.7. The van der Waals surface area contributed by atoms with Gasteiger partial charge in [0.05, 0.1) is 79.9 Å². The van der Waals surface area contributed by atoms with Gasteiger partial charge in [-0.1, -0.05) is 136 Å². The summed E-state index contributed by atoms with van der Waals surface area (Å²) in [7, 11) is -10.3. The Morgan fingerprint density at radius 3 is 1.61 bits per heavy atom. The van der Waals surface area contributed by atoms with Gasteiger partial charge in [0.2, 0.25) is 0 Å². The first-order valence-corrected chi connectivity index (χ1v) is 48.9. The molecule has 88 heavy (non-hydrogen) atoms. The molecule has 1 N–H and O–H groups in total. The Morgan fingerprint density at radius 1 is 0.545 bits per heavy atom. The highest BCUT2D eigenvalue weighted by Crippen LogP contribution is 2.50. The van der Waals surface area contributed by atoms with Gasteiger partial charge >= 0.3 is 0 Å². The number of Topliss-reactive ketones (excluding diaryl/α,β-unsaturated/α-hetero) is 1. The van der Waals surface area contributed by atoms with Crippen LogP contribution in [0.5, 0.6) is 0 Å². The van der Waals surface area contributed by atoms with Gasteiger partial charge in [-0.05, 0) is 159 Å². The number of fused-ring (bicyclic) bond motifs is 2. The highest BCUT2D eigenvalue weighted by molar-refractivity contribution is 6.76. The van der Waals surface area contributed by atoms with Crippen molar-refractivity contribution in [2.75, 3.05) is 13.7 Å². The molecule has 5 fully saturated rings. The van der Waals surface area contributed by atoms with E-state index in [9.17, 15) is 5.11 Å². The number of ether oxygens (including phenoxy) is 6. The van der Waals surface area contributed by atoms with Crippen LogP contribution in [0.1, 0.15) is 188 Å². The number of ketones is 1. The summed E-state index contributed by atoms with van der Waals surface area (Å²) in [5, 5.41) is 11.5. The lowest BCUT2D eigenvalue weighted by Crippen LogP contribution is -2.69. The molecule has 5 saturated heterocycles. The van der Waals surface area contributed by atoms with Gasteiger partial charge in [0.15, 0.2) is 41.6 Å². The predicted octanol–water partition coefficient (Wildman–Crippen LogP) is 17.0. The molecule has 13 nitrogen and oxygen atoms in total. The molecule has 0 aromatic heterocycles. The SMILES string of the molecule is C=C1C[C@@H]2CCC(O)/C=C/[C@H](O[Si](C)(C)C(C)(C)C)[C@@H]3O[C@H]4CC[C@H](CC(=O)CC5[C@H](CC6O[C@@H](CCC1O2)C[C@@H](C)C6=C)O[C@H](C[C@@H](CO[Si](C)(C)C(C)(C)C)O[Si](C)(C)C(C)(C)C)[C@@H]5OC)O[C@@H]4[C@H](O[Si](C)(C)C(C)(C)C)[C@@H]3O[Si](C)(C)C(C)(C)C. The molecule has 8 aliphatic heterocycles. The largest absolute Gasteiger partial charge is 0.414 e. The van der Waals surface area contributed by atoms with Crippen molar-refractivity contribution >= 4 is 47.4 Å². The molecule has 0 radical (unpaired) electrons. The smallest absolute Gasteiger partial charge is 0.193 e. The van der Waals surface area contributed by atoms with Crippen molar-refractivity contribution in [1.29, 1.82) is 0 Å². The van der Waals surface area contributed by atoms with Gasteiger partial charge in [-0.15, -0.1) is 0 Å². The molecule has 4 unspecified atom stereocenters. The fourth-order valence-electron chi connectivity index (χ4n) is 12.5. The standard InChI is InChI=1S/C70H132O13Si5/c1-45-38-51-33-36-55-46(2)39-50(75-55)32-30-48(71)31-35-57(81-86(24,25)68(10,11)12)63-65(83-88(28,29)70(16,17)18)64(82-87(26,27)69(13,14)15)62-56(79-63)37-34-52(77-62)40-49(72)41-54-59(43-58(76-51)47(45)3)78-60(61(54)73-19)42-53(80-85(22,23)67(7,8)9)44-74-84(20,21)66(4,5)6/h31,35,45,48,50-65,71H,2-3,30,32-34,36-44H2,1,4-29H3/b35-31+/t45-,48?,50+,51+,52-,53+,54?,55?,56+,57+,58?,59+,60-,61-,62+,63+,64+,65-/m1/s1. The van der Waals surface area contributed by atoms with Crippen LogP contribution in [-0.4, -0.2) is 164 Å². The van der Waals surface area contributed by atoms with Crippen LogP contribution in [0.4, 0.5) is 0 Å². The average Bonchev–Trinajstić information content (AvgIpc) is 3.91. The monoisotopic (exact) mass is 1320 g/mol. The predicted molar refractivity (Wildman–Crippen MR) is 372 cm³/mol. The molecule has 0 aromatic carbocycles. The topological polar surface area (TPSA) is 139 Å². The number of hydrogen-bond acceptors (Lipinski definition) is 13. The molecule has 8 aliphatic rings. The third kappa shape index (κ3) is 18.7. The van der Waals surface area contributed by atoms with E-state index < -0.39 is 84.3 Å². The van der Waals surface area contributed by atoms with Gasteiger partial charge in [-0.3, -0.25) is 4.79 Å². The number of aliphatic hydroxyl groups excluding tert-OH is 1. The summed E-state index contributed by atoms with van der Waals surface area (Å²) in [6, 6.07) is 0. The zero-order chi connectivity index (χ0) is 66.5. The van der Waals surface area contributed by atoms with Crippen molar-refractivity contribution in [3.05, 3.63) is 36.5 Å². The van der Waals surface area contributed by atoms with Crippen molar-refractivity contribution in [2.45, 2.75) is 376 Å². The molecular formula is C70H132O13Si5. The van der Waals surface area contributed by atoms with Crippen LogP contribution in [0.3, 0.4) is 0 Å². The summed E-state index contributed by atoms with van der Waals surface area (Å²) in [6.45, 7) is 69.2. The average molecular weight is 1320 g/mol. The molecular weight excluding hydrogens is 1190 g/mol. The van der Waals surface area contributed by atoms with Crippen LogP contribution in [0.25, 0.3) is 0 Å².